The minimum atomic E-state index is -0.134. The van der Waals surface area contributed by atoms with Gasteiger partial charge in [-0.05, 0) is 30.7 Å². The molecule has 0 radical (unpaired) electrons. The zero-order valence-electron chi connectivity index (χ0n) is 12.0. The maximum Gasteiger partial charge on any atom is 0.257 e. The Bertz CT molecular complexity index is 538. The fourth-order valence-electron chi connectivity index (χ4n) is 1.79. The van der Waals surface area contributed by atoms with Gasteiger partial charge >= 0.3 is 0 Å². The molecule has 0 saturated heterocycles. The molecule has 2 aromatic rings. The van der Waals surface area contributed by atoms with Gasteiger partial charge in [-0.1, -0.05) is 0 Å². The fraction of sp³-hybridized carbons (Fsp3) is 0.333. The van der Waals surface area contributed by atoms with Crippen molar-refractivity contribution < 1.29 is 14.3 Å². The summed E-state index contributed by atoms with van der Waals surface area (Å²) in [6, 6.07) is 7.11. The number of rotatable bonds is 8. The zero-order chi connectivity index (χ0) is 14.9. The third-order valence-corrected chi connectivity index (χ3v) is 2.90. The van der Waals surface area contributed by atoms with Gasteiger partial charge in [0.25, 0.3) is 5.91 Å². The number of benzene rings is 1. The first kappa shape index (κ1) is 14.9. The lowest BCUT2D eigenvalue weighted by molar-refractivity contribution is -0.123. The highest BCUT2D eigenvalue weighted by molar-refractivity contribution is 5.77. The Kier molecular flexibility index (Phi) is 5.63. The first-order chi connectivity index (χ1) is 10.3. The third-order valence-electron chi connectivity index (χ3n) is 2.90. The van der Waals surface area contributed by atoms with E-state index in [0.717, 1.165) is 24.4 Å². The highest BCUT2D eigenvalue weighted by Gasteiger charge is 2.03. The number of imidazole rings is 1. The lowest BCUT2D eigenvalue weighted by atomic mass is 10.3. The van der Waals surface area contributed by atoms with E-state index in [1.54, 1.807) is 43.8 Å². The van der Waals surface area contributed by atoms with E-state index in [4.69, 9.17) is 9.47 Å². The molecule has 1 aromatic heterocycles. The Morgan fingerprint density at radius 1 is 1.29 bits per heavy atom. The van der Waals surface area contributed by atoms with Gasteiger partial charge in [0.15, 0.2) is 6.61 Å². The summed E-state index contributed by atoms with van der Waals surface area (Å²) in [5, 5.41) is 2.81. The first-order valence-corrected chi connectivity index (χ1v) is 6.80. The number of nitrogens with zero attached hydrogens (tertiary/aromatic N) is 1. The molecule has 21 heavy (non-hydrogen) atoms. The van der Waals surface area contributed by atoms with Crippen molar-refractivity contribution in [3.05, 3.63) is 42.5 Å². The van der Waals surface area contributed by atoms with Gasteiger partial charge < -0.3 is 19.8 Å². The molecule has 0 aliphatic rings. The zero-order valence-corrected chi connectivity index (χ0v) is 12.0. The molecule has 0 fully saturated rings. The standard InChI is InChI=1S/C15H19N3O3/c1-20-12-4-6-13(7-5-12)21-11-15(19)18-8-2-3-14-16-9-10-17-14/h4-7,9-10H,2-3,8,11H2,1H3,(H,16,17)(H,18,19). The van der Waals surface area contributed by atoms with Crippen molar-refractivity contribution in [3.8, 4) is 11.5 Å². The number of aromatic nitrogens is 2. The second kappa shape index (κ2) is 7.94. The van der Waals surface area contributed by atoms with Crippen LogP contribution in [0, 0.1) is 0 Å². The summed E-state index contributed by atoms with van der Waals surface area (Å²) in [6.45, 7) is 0.610. The molecule has 112 valence electrons. The molecule has 1 aromatic carbocycles. The van der Waals surface area contributed by atoms with Crippen LogP contribution in [0.2, 0.25) is 0 Å². The van der Waals surface area contributed by atoms with E-state index >= 15 is 0 Å². The Labute approximate surface area is 123 Å². The maximum absolute atomic E-state index is 11.6. The van der Waals surface area contributed by atoms with Gasteiger partial charge in [-0.3, -0.25) is 4.79 Å². The average molecular weight is 289 g/mol. The molecule has 0 aliphatic carbocycles. The molecule has 0 bridgehead atoms. The molecule has 6 nitrogen and oxygen atoms in total. The van der Waals surface area contributed by atoms with Gasteiger partial charge in [0.05, 0.1) is 7.11 Å². The van der Waals surface area contributed by atoms with Crippen LogP contribution in [0.5, 0.6) is 11.5 Å². The molecular formula is C15H19N3O3. The predicted octanol–water partition coefficient (Wildman–Crippen LogP) is 1.55. The largest absolute Gasteiger partial charge is 0.497 e. The van der Waals surface area contributed by atoms with Crippen LogP contribution in [-0.4, -0.2) is 36.1 Å². The molecule has 0 unspecified atom stereocenters. The lowest BCUT2D eigenvalue weighted by Crippen LogP contribution is -2.29. The normalized spacial score (nSPS) is 10.1. The molecule has 1 heterocycles. The lowest BCUT2D eigenvalue weighted by Gasteiger charge is -2.07. The van der Waals surface area contributed by atoms with Crippen LogP contribution in [0.1, 0.15) is 12.2 Å². The van der Waals surface area contributed by atoms with E-state index < -0.39 is 0 Å². The van der Waals surface area contributed by atoms with Crippen LogP contribution < -0.4 is 14.8 Å². The first-order valence-electron chi connectivity index (χ1n) is 6.80. The van der Waals surface area contributed by atoms with E-state index in [2.05, 4.69) is 15.3 Å². The molecule has 0 spiro atoms. The van der Waals surface area contributed by atoms with Crippen molar-refractivity contribution in [1.29, 1.82) is 0 Å². The summed E-state index contributed by atoms with van der Waals surface area (Å²) in [6.07, 6.45) is 5.15. The highest BCUT2D eigenvalue weighted by Crippen LogP contribution is 2.16. The molecular weight excluding hydrogens is 270 g/mol. The van der Waals surface area contributed by atoms with E-state index in [-0.39, 0.29) is 12.5 Å². The van der Waals surface area contributed by atoms with E-state index in [1.165, 1.54) is 0 Å². The monoisotopic (exact) mass is 289 g/mol. The van der Waals surface area contributed by atoms with Crippen molar-refractivity contribution in [2.24, 2.45) is 0 Å². The van der Waals surface area contributed by atoms with Gasteiger partial charge in [0, 0.05) is 25.4 Å². The van der Waals surface area contributed by atoms with Crippen molar-refractivity contribution in [2.75, 3.05) is 20.3 Å². The average Bonchev–Trinajstić information content (AvgIpc) is 3.03. The number of ether oxygens (including phenoxy) is 2. The Morgan fingerprint density at radius 3 is 2.71 bits per heavy atom. The number of methoxy groups -OCH3 is 1. The van der Waals surface area contributed by atoms with Gasteiger partial charge in [-0.25, -0.2) is 4.98 Å². The summed E-state index contributed by atoms with van der Waals surface area (Å²) in [4.78, 5) is 18.8. The van der Waals surface area contributed by atoms with Crippen molar-refractivity contribution in [2.45, 2.75) is 12.8 Å². The molecule has 0 saturated carbocycles. The number of H-pyrrole nitrogens is 1. The number of aromatic amines is 1. The second-order valence-corrected chi connectivity index (χ2v) is 4.45. The van der Waals surface area contributed by atoms with Crippen LogP contribution in [-0.2, 0) is 11.2 Å². The van der Waals surface area contributed by atoms with E-state index in [1.807, 2.05) is 0 Å². The van der Waals surface area contributed by atoms with Gasteiger partial charge in [-0.2, -0.15) is 0 Å². The summed E-state index contributed by atoms with van der Waals surface area (Å²) in [7, 11) is 1.60. The number of hydrogen-bond donors (Lipinski definition) is 2. The SMILES string of the molecule is COc1ccc(OCC(=O)NCCCc2ncc[nH]2)cc1. The summed E-state index contributed by atoms with van der Waals surface area (Å²) >= 11 is 0. The molecule has 0 atom stereocenters. The number of nitrogens with one attached hydrogen (secondary N) is 2. The summed E-state index contributed by atoms with van der Waals surface area (Å²) in [5.41, 5.74) is 0. The Morgan fingerprint density at radius 2 is 2.05 bits per heavy atom. The van der Waals surface area contributed by atoms with Crippen molar-refractivity contribution in [1.82, 2.24) is 15.3 Å². The predicted molar refractivity (Wildman–Crippen MR) is 78.4 cm³/mol. The Balaban J connectivity index is 1.60. The van der Waals surface area contributed by atoms with Gasteiger partial charge in [0.2, 0.25) is 0 Å². The molecule has 6 heteroatoms. The van der Waals surface area contributed by atoms with Crippen molar-refractivity contribution >= 4 is 5.91 Å². The number of carbonyl (C=O) groups excluding carboxylic acids is 1. The quantitative estimate of drug-likeness (QED) is 0.723. The molecule has 2 rings (SSSR count). The third kappa shape index (κ3) is 5.18. The number of carbonyl (C=O) groups is 1. The summed E-state index contributed by atoms with van der Waals surface area (Å²) in [5.74, 6) is 2.19. The molecule has 2 N–H and O–H groups in total. The minimum absolute atomic E-state index is 0.00702. The van der Waals surface area contributed by atoms with Crippen LogP contribution in [0.15, 0.2) is 36.7 Å². The minimum Gasteiger partial charge on any atom is -0.497 e. The highest BCUT2D eigenvalue weighted by atomic mass is 16.5. The summed E-state index contributed by atoms with van der Waals surface area (Å²) < 4.78 is 10.4. The molecule has 0 aliphatic heterocycles. The number of hydrogen-bond acceptors (Lipinski definition) is 4. The van der Waals surface area contributed by atoms with Gasteiger partial charge in [-0.15, -0.1) is 0 Å². The maximum atomic E-state index is 11.6. The van der Waals surface area contributed by atoms with Crippen LogP contribution >= 0.6 is 0 Å². The van der Waals surface area contributed by atoms with Crippen LogP contribution in [0.3, 0.4) is 0 Å². The fourth-order valence-corrected chi connectivity index (χ4v) is 1.79. The van der Waals surface area contributed by atoms with E-state index in [0.29, 0.717) is 12.3 Å². The van der Waals surface area contributed by atoms with Crippen LogP contribution in [0.25, 0.3) is 0 Å². The topological polar surface area (TPSA) is 76.2 Å². The Hall–Kier alpha value is -2.50. The second-order valence-electron chi connectivity index (χ2n) is 4.45. The van der Waals surface area contributed by atoms with Gasteiger partial charge in [0.1, 0.15) is 17.3 Å². The van der Waals surface area contributed by atoms with E-state index in [9.17, 15) is 4.79 Å². The smallest absolute Gasteiger partial charge is 0.257 e. The van der Waals surface area contributed by atoms with Crippen LogP contribution in [0.4, 0.5) is 0 Å². The number of aryl methyl sites for hydroxylation is 1. The number of amides is 1. The molecule has 1 amide bonds. The van der Waals surface area contributed by atoms with Crippen molar-refractivity contribution in [3.63, 3.8) is 0 Å².